The van der Waals surface area contributed by atoms with Crippen molar-refractivity contribution >= 4 is 40.9 Å². The molecule has 0 unspecified atom stereocenters. The molecular weight excluding hydrogens is 380 g/mol. The number of piperidine rings is 1. The fourth-order valence-electron chi connectivity index (χ4n) is 3.90. The second-order valence-corrected chi connectivity index (χ2v) is 8.88. The largest absolute Gasteiger partial charge is 0.338 e. The first-order chi connectivity index (χ1) is 13.0. The standard InChI is InChI=1S/C21H21ClN2O2S/c1-15-3-2-4-18(13-15)24-19(25)14-27-21(24)9-11-23(12-10-21)20(26)16-5-7-17(22)8-6-16/h2-8,13H,9-12,14H2,1H3. The molecular formula is C21H21ClN2O2S. The quantitative estimate of drug-likeness (QED) is 0.751. The first-order valence-electron chi connectivity index (χ1n) is 9.07. The Morgan fingerprint density at radius 1 is 1.11 bits per heavy atom. The Bertz CT molecular complexity index is 876. The molecule has 2 amide bonds. The molecule has 0 radical (unpaired) electrons. The molecule has 2 saturated heterocycles. The van der Waals surface area contributed by atoms with Gasteiger partial charge in [0.2, 0.25) is 5.91 Å². The number of anilines is 1. The molecule has 2 aliphatic heterocycles. The maximum absolute atomic E-state index is 12.8. The topological polar surface area (TPSA) is 40.6 Å². The lowest BCUT2D eigenvalue weighted by molar-refractivity contribution is -0.116. The van der Waals surface area contributed by atoms with Crippen molar-refractivity contribution < 1.29 is 9.59 Å². The van der Waals surface area contributed by atoms with E-state index in [0.29, 0.717) is 29.4 Å². The molecule has 2 heterocycles. The predicted molar refractivity (Wildman–Crippen MR) is 110 cm³/mol. The lowest BCUT2D eigenvalue weighted by atomic mass is 10.00. The summed E-state index contributed by atoms with van der Waals surface area (Å²) in [5.74, 6) is 0.681. The van der Waals surface area contributed by atoms with Crippen molar-refractivity contribution in [2.45, 2.75) is 24.6 Å². The fraction of sp³-hybridized carbons (Fsp3) is 0.333. The van der Waals surface area contributed by atoms with Gasteiger partial charge in [-0.1, -0.05) is 23.7 Å². The van der Waals surface area contributed by atoms with Gasteiger partial charge in [0.25, 0.3) is 5.91 Å². The van der Waals surface area contributed by atoms with Crippen LogP contribution in [0.2, 0.25) is 5.02 Å². The van der Waals surface area contributed by atoms with Gasteiger partial charge in [0, 0.05) is 29.4 Å². The third-order valence-corrected chi connectivity index (χ3v) is 7.08. The Kier molecular flexibility index (Phi) is 4.91. The smallest absolute Gasteiger partial charge is 0.253 e. The van der Waals surface area contributed by atoms with Gasteiger partial charge in [-0.15, -0.1) is 11.8 Å². The third kappa shape index (κ3) is 3.46. The number of carbonyl (C=O) groups excluding carboxylic acids is 2. The second-order valence-electron chi connectivity index (χ2n) is 7.10. The Balaban J connectivity index is 1.52. The summed E-state index contributed by atoms with van der Waals surface area (Å²) in [6, 6.07) is 15.1. The minimum Gasteiger partial charge on any atom is -0.338 e. The van der Waals surface area contributed by atoms with Gasteiger partial charge in [-0.05, 0) is 61.7 Å². The molecule has 0 bridgehead atoms. The molecule has 0 aliphatic carbocycles. The molecule has 4 rings (SSSR count). The van der Waals surface area contributed by atoms with Crippen LogP contribution in [0.25, 0.3) is 0 Å². The van der Waals surface area contributed by atoms with Crippen LogP contribution < -0.4 is 4.90 Å². The monoisotopic (exact) mass is 400 g/mol. The minimum atomic E-state index is -0.248. The summed E-state index contributed by atoms with van der Waals surface area (Å²) >= 11 is 7.63. The average molecular weight is 401 g/mol. The van der Waals surface area contributed by atoms with E-state index < -0.39 is 0 Å². The molecule has 2 aliphatic rings. The zero-order valence-corrected chi connectivity index (χ0v) is 16.7. The maximum Gasteiger partial charge on any atom is 0.253 e. The van der Waals surface area contributed by atoms with Crippen LogP contribution >= 0.6 is 23.4 Å². The normalized spacial score (nSPS) is 19.0. The number of hydrogen-bond donors (Lipinski definition) is 0. The van der Waals surface area contributed by atoms with E-state index in [1.165, 1.54) is 0 Å². The first-order valence-corrected chi connectivity index (χ1v) is 10.4. The van der Waals surface area contributed by atoms with E-state index in [1.54, 1.807) is 36.0 Å². The number of thioether (sulfide) groups is 1. The van der Waals surface area contributed by atoms with Gasteiger partial charge in [0.05, 0.1) is 10.6 Å². The molecule has 2 aromatic rings. The van der Waals surface area contributed by atoms with Crippen LogP contribution in [0.1, 0.15) is 28.8 Å². The molecule has 1 spiro atoms. The number of nitrogens with zero attached hydrogens (tertiary/aromatic N) is 2. The van der Waals surface area contributed by atoms with Crippen LogP contribution in [0.4, 0.5) is 5.69 Å². The molecule has 2 fully saturated rings. The number of aryl methyl sites for hydroxylation is 1. The van der Waals surface area contributed by atoms with Crippen molar-refractivity contribution in [3.8, 4) is 0 Å². The summed E-state index contributed by atoms with van der Waals surface area (Å²) in [5, 5.41) is 0.624. The van der Waals surface area contributed by atoms with Gasteiger partial charge in [-0.3, -0.25) is 14.5 Å². The number of amides is 2. The second kappa shape index (κ2) is 7.21. The van der Waals surface area contributed by atoms with Crippen LogP contribution in [0.5, 0.6) is 0 Å². The summed E-state index contributed by atoms with van der Waals surface area (Å²) < 4.78 is 0. The predicted octanol–water partition coefficient (Wildman–Crippen LogP) is 4.36. The number of benzene rings is 2. The Labute approximate surface area is 168 Å². The van der Waals surface area contributed by atoms with E-state index in [1.807, 2.05) is 34.9 Å². The minimum absolute atomic E-state index is 0.0259. The van der Waals surface area contributed by atoms with Crippen molar-refractivity contribution in [1.82, 2.24) is 4.90 Å². The van der Waals surface area contributed by atoms with E-state index in [-0.39, 0.29) is 16.7 Å². The fourth-order valence-corrected chi connectivity index (χ4v) is 5.36. The highest BCUT2D eigenvalue weighted by atomic mass is 35.5. The zero-order chi connectivity index (χ0) is 19.0. The van der Waals surface area contributed by atoms with Crippen molar-refractivity contribution in [2.24, 2.45) is 0 Å². The molecule has 6 heteroatoms. The van der Waals surface area contributed by atoms with Gasteiger partial charge in [-0.2, -0.15) is 0 Å². The molecule has 0 atom stereocenters. The number of rotatable bonds is 2. The molecule has 0 N–H and O–H groups in total. The van der Waals surface area contributed by atoms with Crippen molar-refractivity contribution in [3.05, 3.63) is 64.7 Å². The lowest BCUT2D eigenvalue weighted by Crippen LogP contribution is -2.53. The number of hydrogen-bond acceptors (Lipinski definition) is 3. The molecule has 140 valence electrons. The van der Waals surface area contributed by atoms with Crippen LogP contribution in [0.3, 0.4) is 0 Å². The van der Waals surface area contributed by atoms with Gasteiger partial charge in [-0.25, -0.2) is 0 Å². The molecule has 0 aromatic heterocycles. The third-order valence-electron chi connectivity index (χ3n) is 5.30. The SMILES string of the molecule is Cc1cccc(N2C(=O)CSC23CCN(C(=O)c2ccc(Cl)cc2)CC3)c1. The van der Waals surface area contributed by atoms with Crippen LogP contribution in [-0.4, -0.2) is 40.4 Å². The summed E-state index contributed by atoms with van der Waals surface area (Å²) in [4.78, 5) is 29.0. The van der Waals surface area contributed by atoms with E-state index in [2.05, 4.69) is 6.07 Å². The van der Waals surface area contributed by atoms with Crippen molar-refractivity contribution in [3.63, 3.8) is 0 Å². The van der Waals surface area contributed by atoms with E-state index in [9.17, 15) is 9.59 Å². The summed E-state index contributed by atoms with van der Waals surface area (Å²) in [7, 11) is 0. The highest BCUT2D eigenvalue weighted by molar-refractivity contribution is 8.02. The van der Waals surface area contributed by atoms with Crippen molar-refractivity contribution in [2.75, 3.05) is 23.7 Å². The molecule has 4 nitrogen and oxygen atoms in total. The van der Waals surface area contributed by atoms with Crippen LogP contribution in [0, 0.1) is 6.92 Å². The molecule has 0 saturated carbocycles. The summed E-state index contributed by atoms with van der Waals surface area (Å²) in [6.07, 6.45) is 1.55. The maximum atomic E-state index is 12.8. The van der Waals surface area contributed by atoms with Gasteiger partial charge < -0.3 is 4.90 Å². The Hall–Kier alpha value is -1.98. The molecule has 27 heavy (non-hydrogen) atoms. The van der Waals surface area contributed by atoms with Crippen molar-refractivity contribution in [1.29, 1.82) is 0 Å². The van der Waals surface area contributed by atoms with Crippen LogP contribution in [0.15, 0.2) is 48.5 Å². The van der Waals surface area contributed by atoms with E-state index in [0.717, 1.165) is 24.1 Å². The van der Waals surface area contributed by atoms with E-state index in [4.69, 9.17) is 11.6 Å². The van der Waals surface area contributed by atoms with Gasteiger partial charge in [0.15, 0.2) is 0 Å². The number of halogens is 1. The summed E-state index contributed by atoms with van der Waals surface area (Å²) in [5.41, 5.74) is 2.76. The van der Waals surface area contributed by atoms with Crippen LogP contribution in [-0.2, 0) is 4.79 Å². The average Bonchev–Trinajstić information content (AvgIpc) is 2.98. The Morgan fingerprint density at radius 3 is 2.48 bits per heavy atom. The molecule has 2 aromatic carbocycles. The van der Waals surface area contributed by atoms with Gasteiger partial charge in [0.1, 0.15) is 0 Å². The zero-order valence-electron chi connectivity index (χ0n) is 15.2. The number of likely N-dealkylation sites (tertiary alicyclic amines) is 1. The summed E-state index contributed by atoms with van der Waals surface area (Å²) in [6.45, 7) is 3.32. The lowest BCUT2D eigenvalue weighted by Gasteiger charge is -2.44. The van der Waals surface area contributed by atoms with Gasteiger partial charge >= 0.3 is 0 Å². The number of carbonyl (C=O) groups is 2. The highest BCUT2D eigenvalue weighted by Crippen LogP contribution is 2.47. The Morgan fingerprint density at radius 2 is 1.81 bits per heavy atom. The van der Waals surface area contributed by atoms with E-state index >= 15 is 0 Å². The first kappa shape index (κ1) is 18.4. The highest BCUT2D eigenvalue weighted by Gasteiger charge is 2.49.